The summed E-state index contributed by atoms with van der Waals surface area (Å²) in [7, 11) is 1.79. The Morgan fingerprint density at radius 2 is 1.94 bits per heavy atom. The Hall–Kier alpha value is -2.38. The van der Waals surface area contributed by atoms with Gasteiger partial charge in [0.05, 0.1) is 12.3 Å². The molecule has 7 heteroatoms. The molecule has 0 aliphatic carbocycles. The number of rotatable bonds is 7. The quantitative estimate of drug-likeness (QED) is 0.504. The summed E-state index contributed by atoms with van der Waals surface area (Å²) in [6.07, 6.45) is 7.19. The fourth-order valence-corrected chi connectivity index (χ4v) is 4.94. The van der Waals surface area contributed by atoms with Crippen molar-refractivity contribution in [3.8, 4) is 0 Å². The number of halogens is 1. The van der Waals surface area contributed by atoms with Crippen LogP contribution in [0.5, 0.6) is 0 Å². The lowest BCUT2D eigenvalue weighted by molar-refractivity contribution is 0.0512. The van der Waals surface area contributed by atoms with E-state index in [1.165, 1.54) is 25.3 Å². The number of nitrogens with zero attached hydrogens (tertiary/aromatic N) is 2. The van der Waals surface area contributed by atoms with Gasteiger partial charge in [-0.05, 0) is 68.6 Å². The number of aliphatic imine (C=N–C) groups is 1. The molecule has 0 saturated carbocycles. The van der Waals surface area contributed by atoms with Crippen molar-refractivity contribution in [2.45, 2.75) is 43.6 Å². The van der Waals surface area contributed by atoms with Gasteiger partial charge in [0.1, 0.15) is 11.6 Å². The van der Waals surface area contributed by atoms with Crippen LogP contribution >= 0.6 is 0 Å². The summed E-state index contributed by atoms with van der Waals surface area (Å²) in [6.45, 7) is 4.92. The van der Waals surface area contributed by atoms with Crippen molar-refractivity contribution in [3.63, 3.8) is 0 Å². The van der Waals surface area contributed by atoms with Crippen molar-refractivity contribution in [2.24, 2.45) is 4.99 Å². The number of likely N-dealkylation sites (tertiary alicyclic amines) is 1. The van der Waals surface area contributed by atoms with Gasteiger partial charge in [-0.15, -0.1) is 0 Å². The van der Waals surface area contributed by atoms with Gasteiger partial charge in [0, 0.05) is 38.8 Å². The third-order valence-corrected chi connectivity index (χ3v) is 6.87. The highest BCUT2D eigenvalue weighted by Crippen LogP contribution is 2.34. The van der Waals surface area contributed by atoms with Crippen LogP contribution in [0, 0.1) is 5.82 Å². The number of piperidine rings is 1. The summed E-state index contributed by atoms with van der Waals surface area (Å²) in [6, 6.07) is 11.2. The van der Waals surface area contributed by atoms with Gasteiger partial charge in [-0.25, -0.2) is 4.39 Å². The third-order valence-electron chi connectivity index (χ3n) is 6.87. The maximum absolute atomic E-state index is 14.0. The Labute approximate surface area is 190 Å². The van der Waals surface area contributed by atoms with E-state index in [1.54, 1.807) is 25.4 Å². The number of furan rings is 1. The second-order valence-corrected chi connectivity index (χ2v) is 8.84. The second-order valence-electron chi connectivity index (χ2n) is 8.84. The van der Waals surface area contributed by atoms with Crippen LogP contribution in [-0.4, -0.2) is 57.3 Å². The average Bonchev–Trinajstić information content (AvgIpc) is 3.37. The van der Waals surface area contributed by atoms with Gasteiger partial charge in [0.2, 0.25) is 0 Å². The fourth-order valence-electron chi connectivity index (χ4n) is 4.94. The molecule has 2 aromatic rings. The van der Waals surface area contributed by atoms with Crippen molar-refractivity contribution < 1.29 is 13.5 Å². The molecule has 174 valence electrons. The normalized spacial score (nSPS) is 20.6. The molecule has 2 fully saturated rings. The number of hydrogen-bond donors (Lipinski definition) is 2. The first-order valence-corrected chi connectivity index (χ1v) is 11.8. The van der Waals surface area contributed by atoms with E-state index in [-0.39, 0.29) is 17.3 Å². The van der Waals surface area contributed by atoms with Crippen LogP contribution in [0.25, 0.3) is 0 Å². The Morgan fingerprint density at radius 3 is 2.62 bits per heavy atom. The van der Waals surface area contributed by atoms with Crippen LogP contribution < -0.4 is 10.6 Å². The van der Waals surface area contributed by atoms with E-state index >= 15 is 0 Å². The summed E-state index contributed by atoms with van der Waals surface area (Å²) in [5, 5.41) is 7.02. The van der Waals surface area contributed by atoms with Gasteiger partial charge in [-0.2, -0.15) is 0 Å². The molecule has 0 amide bonds. The summed E-state index contributed by atoms with van der Waals surface area (Å²) in [5.74, 6) is 1.54. The Morgan fingerprint density at radius 1 is 1.12 bits per heavy atom. The monoisotopic (exact) mass is 442 g/mol. The highest BCUT2D eigenvalue weighted by atomic mass is 19.1. The Kier molecular flexibility index (Phi) is 7.81. The molecule has 4 rings (SSSR count). The number of hydrogen-bond acceptors (Lipinski definition) is 4. The number of guanidine groups is 1. The molecule has 1 aromatic heterocycles. The van der Waals surface area contributed by atoms with E-state index in [9.17, 15) is 4.39 Å². The van der Waals surface area contributed by atoms with E-state index in [2.05, 4.69) is 26.6 Å². The van der Waals surface area contributed by atoms with Gasteiger partial charge in [-0.3, -0.25) is 9.89 Å². The molecule has 1 unspecified atom stereocenters. The van der Waals surface area contributed by atoms with Crippen molar-refractivity contribution in [2.75, 3.05) is 46.4 Å². The number of benzene rings is 1. The standard InChI is InChI=1S/C25H35FN4O2/c1-27-24(28-18-22(23-9-6-14-32-23)30-12-3-2-4-13-30)29-19-25(10-15-31-16-11-25)20-7-5-8-21(26)17-20/h5-9,14,17,22H,2-4,10-13,15-16,18-19H2,1H3,(H2,27,28,29). The van der Waals surface area contributed by atoms with E-state index < -0.39 is 0 Å². The topological polar surface area (TPSA) is 62.0 Å². The molecule has 6 nitrogen and oxygen atoms in total. The van der Waals surface area contributed by atoms with Crippen molar-refractivity contribution in [1.82, 2.24) is 15.5 Å². The average molecular weight is 443 g/mol. The first-order valence-electron chi connectivity index (χ1n) is 11.8. The molecule has 0 bridgehead atoms. The molecular formula is C25H35FN4O2. The Bertz CT molecular complexity index is 859. The smallest absolute Gasteiger partial charge is 0.191 e. The molecule has 1 aromatic carbocycles. The number of ether oxygens (including phenoxy) is 1. The van der Waals surface area contributed by atoms with Crippen LogP contribution in [0.15, 0.2) is 52.1 Å². The van der Waals surface area contributed by atoms with E-state index in [0.29, 0.717) is 26.3 Å². The highest BCUT2D eigenvalue weighted by molar-refractivity contribution is 5.79. The summed E-state index contributed by atoms with van der Waals surface area (Å²) < 4.78 is 25.4. The van der Waals surface area contributed by atoms with E-state index in [4.69, 9.17) is 9.15 Å². The van der Waals surface area contributed by atoms with Crippen LogP contribution in [0.4, 0.5) is 4.39 Å². The zero-order chi connectivity index (χ0) is 22.2. The van der Waals surface area contributed by atoms with Crippen LogP contribution in [0.1, 0.15) is 49.5 Å². The predicted octanol–water partition coefficient (Wildman–Crippen LogP) is 3.86. The number of nitrogens with one attached hydrogen (secondary N) is 2. The highest BCUT2D eigenvalue weighted by Gasteiger charge is 2.35. The molecule has 2 aliphatic rings. The molecule has 1 atom stereocenters. The first kappa shape index (κ1) is 22.8. The van der Waals surface area contributed by atoms with Crippen molar-refractivity contribution >= 4 is 5.96 Å². The molecule has 32 heavy (non-hydrogen) atoms. The lowest BCUT2D eigenvalue weighted by atomic mass is 9.74. The first-order chi connectivity index (χ1) is 15.7. The van der Waals surface area contributed by atoms with Gasteiger partial charge in [0.25, 0.3) is 0 Å². The molecule has 0 spiro atoms. The molecule has 2 aliphatic heterocycles. The minimum Gasteiger partial charge on any atom is -0.468 e. The third kappa shape index (κ3) is 5.51. The largest absolute Gasteiger partial charge is 0.468 e. The summed E-state index contributed by atoms with van der Waals surface area (Å²) in [4.78, 5) is 6.95. The summed E-state index contributed by atoms with van der Waals surface area (Å²) >= 11 is 0. The zero-order valence-corrected chi connectivity index (χ0v) is 19.0. The molecule has 0 radical (unpaired) electrons. The van der Waals surface area contributed by atoms with Crippen LogP contribution in [-0.2, 0) is 10.2 Å². The maximum atomic E-state index is 14.0. The van der Waals surface area contributed by atoms with E-state index in [1.807, 2.05) is 12.1 Å². The van der Waals surface area contributed by atoms with Gasteiger partial charge in [-0.1, -0.05) is 18.6 Å². The summed E-state index contributed by atoms with van der Waals surface area (Å²) in [5.41, 5.74) is 0.844. The maximum Gasteiger partial charge on any atom is 0.191 e. The SMILES string of the molecule is CN=C(NCC(c1ccco1)N1CCCCC1)NCC1(c2cccc(F)c2)CCOCC1. The van der Waals surface area contributed by atoms with Gasteiger partial charge in [0.15, 0.2) is 5.96 Å². The van der Waals surface area contributed by atoms with Crippen LogP contribution in [0.3, 0.4) is 0 Å². The molecule has 3 heterocycles. The minimum absolute atomic E-state index is 0.170. The van der Waals surface area contributed by atoms with Gasteiger partial charge >= 0.3 is 0 Å². The molecule has 2 N–H and O–H groups in total. The lowest BCUT2D eigenvalue weighted by Gasteiger charge is -2.38. The van der Waals surface area contributed by atoms with Gasteiger partial charge < -0.3 is 19.8 Å². The minimum atomic E-state index is -0.196. The zero-order valence-electron chi connectivity index (χ0n) is 19.0. The molecular weight excluding hydrogens is 407 g/mol. The van der Waals surface area contributed by atoms with Crippen LogP contribution in [0.2, 0.25) is 0 Å². The molecule has 2 saturated heterocycles. The second kappa shape index (κ2) is 11.0. The lowest BCUT2D eigenvalue weighted by Crippen LogP contribution is -2.49. The van der Waals surface area contributed by atoms with Crippen molar-refractivity contribution in [3.05, 3.63) is 59.8 Å². The van der Waals surface area contributed by atoms with Crippen molar-refractivity contribution in [1.29, 1.82) is 0 Å². The van der Waals surface area contributed by atoms with E-state index in [0.717, 1.165) is 43.2 Å². The fraction of sp³-hybridized carbons (Fsp3) is 0.560. The predicted molar refractivity (Wildman–Crippen MR) is 124 cm³/mol. The Balaban J connectivity index is 1.42.